The molecule has 2 aliphatic rings. The van der Waals surface area contributed by atoms with Gasteiger partial charge in [0.25, 0.3) is 0 Å². The SMILES string of the molecule is N#Cc1ccc(OC(F)F)c(NC(=O)N(c2ccc(C3CNCCO3)cc2Br)N(C(=O)Nc2cc(C#N)ccc2OC(F)F)c2ccc(C3CNCCO3)cc2Br)c1. The van der Waals surface area contributed by atoms with Crippen molar-refractivity contribution in [2.45, 2.75) is 25.4 Å². The van der Waals surface area contributed by atoms with Gasteiger partial charge in [-0.3, -0.25) is 0 Å². The van der Waals surface area contributed by atoms with Crippen molar-refractivity contribution in [1.82, 2.24) is 10.6 Å². The van der Waals surface area contributed by atoms with Crippen molar-refractivity contribution in [3.63, 3.8) is 0 Å². The second-order valence-electron chi connectivity index (χ2n) is 12.4. The van der Waals surface area contributed by atoms with Gasteiger partial charge >= 0.3 is 25.3 Å². The van der Waals surface area contributed by atoms with E-state index in [4.69, 9.17) is 9.47 Å². The van der Waals surface area contributed by atoms with Gasteiger partial charge in [-0.05, 0) is 104 Å². The molecule has 4 N–H and O–H groups in total. The molecule has 0 aromatic heterocycles. The van der Waals surface area contributed by atoms with Gasteiger partial charge in [0.1, 0.15) is 11.5 Å². The average Bonchev–Trinajstić information content (AvgIpc) is 3.21. The van der Waals surface area contributed by atoms with Crippen LogP contribution in [0, 0.1) is 22.7 Å². The van der Waals surface area contributed by atoms with Crippen LogP contribution in [0.5, 0.6) is 11.5 Å². The summed E-state index contributed by atoms with van der Waals surface area (Å²) in [6, 6.07) is 17.9. The minimum absolute atomic E-state index is 0.0126. The highest BCUT2D eigenvalue weighted by atomic mass is 79.9. The summed E-state index contributed by atoms with van der Waals surface area (Å²) in [4.78, 5) is 29.6. The fourth-order valence-corrected chi connectivity index (χ4v) is 7.22. The fourth-order valence-electron chi connectivity index (χ4n) is 6.09. The molecule has 14 nitrogen and oxygen atoms in total. The number of hydrogen-bond donors (Lipinski definition) is 4. The number of nitriles is 2. The lowest BCUT2D eigenvalue weighted by Gasteiger charge is -2.36. The molecule has 2 saturated heterocycles. The lowest BCUT2D eigenvalue weighted by atomic mass is 10.1. The molecule has 4 amide bonds. The molecule has 0 radical (unpaired) electrons. The van der Waals surface area contributed by atoms with Gasteiger partial charge in [0.15, 0.2) is 0 Å². The first-order valence-corrected chi connectivity index (χ1v) is 19.0. The van der Waals surface area contributed by atoms with Crippen LogP contribution in [0.1, 0.15) is 34.5 Å². The maximum absolute atomic E-state index is 14.8. The number of benzene rings is 4. The molecule has 0 spiro atoms. The maximum Gasteiger partial charge on any atom is 0.387 e. The van der Waals surface area contributed by atoms with Gasteiger partial charge in [0.05, 0.1) is 71.4 Å². The lowest BCUT2D eigenvalue weighted by Crippen LogP contribution is -2.54. The van der Waals surface area contributed by atoms with Gasteiger partial charge < -0.3 is 40.2 Å². The van der Waals surface area contributed by atoms with Gasteiger partial charge in [-0.2, -0.15) is 38.1 Å². The molecule has 20 heteroatoms. The molecule has 58 heavy (non-hydrogen) atoms. The number of ether oxygens (including phenoxy) is 4. The third-order valence-corrected chi connectivity index (χ3v) is 9.99. The van der Waals surface area contributed by atoms with E-state index in [9.17, 15) is 37.7 Å². The van der Waals surface area contributed by atoms with E-state index < -0.39 is 36.8 Å². The number of nitrogens with one attached hydrogen (secondary N) is 4. The summed E-state index contributed by atoms with van der Waals surface area (Å²) in [5, 5.41) is 32.4. The Hall–Kier alpha value is -5.48. The van der Waals surface area contributed by atoms with Crippen LogP contribution in [0.3, 0.4) is 0 Å². The zero-order valence-electron chi connectivity index (χ0n) is 30.0. The van der Waals surface area contributed by atoms with E-state index in [1.807, 2.05) is 12.1 Å². The van der Waals surface area contributed by atoms with Gasteiger partial charge in [-0.25, -0.2) is 9.59 Å². The minimum Gasteiger partial charge on any atom is -0.433 e. The molecular weight excluding hydrogens is 900 g/mol. The van der Waals surface area contributed by atoms with Crippen molar-refractivity contribution < 1.29 is 46.1 Å². The van der Waals surface area contributed by atoms with Crippen molar-refractivity contribution in [2.75, 3.05) is 60.0 Å². The first-order valence-electron chi connectivity index (χ1n) is 17.4. The van der Waals surface area contributed by atoms with Crippen LogP contribution in [0.25, 0.3) is 0 Å². The van der Waals surface area contributed by atoms with Crippen LogP contribution in [0.15, 0.2) is 81.7 Å². The van der Waals surface area contributed by atoms with Gasteiger partial charge in [-0.1, -0.05) is 12.1 Å². The predicted molar refractivity (Wildman–Crippen MR) is 210 cm³/mol. The summed E-state index contributed by atoms with van der Waals surface area (Å²) in [6.45, 7) is -3.49. The number of carbonyl (C=O) groups excluding carboxylic acids is 2. The molecule has 2 aliphatic heterocycles. The van der Waals surface area contributed by atoms with Crippen molar-refractivity contribution in [3.05, 3.63) is 104 Å². The van der Waals surface area contributed by atoms with Crippen molar-refractivity contribution in [2.24, 2.45) is 0 Å². The topological polar surface area (TPSA) is 173 Å². The molecule has 6 rings (SSSR count). The van der Waals surface area contributed by atoms with Gasteiger partial charge in [0, 0.05) is 35.1 Å². The van der Waals surface area contributed by atoms with Crippen LogP contribution in [-0.2, 0) is 9.47 Å². The number of urea groups is 2. The lowest BCUT2D eigenvalue weighted by molar-refractivity contribution is -0.0500. The Balaban J connectivity index is 1.53. The molecule has 2 fully saturated rings. The Morgan fingerprint density at radius 2 is 1.10 bits per heavy atom. The maximum atomic E-state index is 14.8. The highest BCUT2D eigenvalue weighted by Gasteiger charge is 2.35. The Labute approximate surface area is 345 Å². The summed E-state index contributed by atoms with van der Waals surface area (Å²) >= 11 is 7.07. The zero-order chi connectivity index (χ0) is 41.3. The molecule has 0 aliphatic carbocycles. The summed E-state index contributed by atoms with van der Waals surface area (Å²) in [5.41, 5.74) is 0.670. The first kappa shape index (κ1) is 42.1. The summed E-state index contributed by atoms with van der Waals surface area (Å²) in [6.07, 6.45) is -0.746. The number of carbonyl (C=O) groups is 2. The molecule has 4 aromatic rings. The van der Waals surface area contributed by atoms with E-state index in [2.05, 4.69) is 62.6 Å². The number of rotatable bonds is 10. The van der Waals surface area contributed by atoms with Crippen molar-refractivity contribution >= 4 is 66.7 Å². The van der Waals surface area contributed by atoms with Crippen LogP contribution in [0.4, 0.5) is 49.9 Å². The number of alkyl halides is 4. The highest BCUT2D eigenvalue weighted by molar-refractivity contribution is 9.11. The Morgan fingerprint density at radius 1 is 0.690 bits per heavy atom. The van der Waals surface area contributed by atoms with E-state index in [1.54, 1.807) is 24.3 Å². The number of nitrogens with zero attached hydrogens (tertiary/aromatic N) is 4. The summed E-state index contributed by atoms with van der Waals surface area (Å²) in [5.74, 6) is -0.994. The molecule has 0 bridgehead atoms. The standard InChI is InChI=1S/C38H32Br2F4N8O6/c39-25-15-23(33-19-47-9-11-55-33)3-5-29(25)51(37(53)49-27-13-21(17-45)1-7-31(27)57-35(41)42)52(30-6-4-24(16-26(30)40)34-20-48-10-12-56-34)38(54)50-28-14-22(18-46)2-8-32(28)58-36(43)44/h1-8,13-16,33-36,47-48H,9-12,19-20H2,(H,49,53)(H,50,54). The molecule has 0 saturated carbocycles. The largest absolute Gasteiger partial charge is 0.433 e. The van der Waals surface area contributed by atoms with Gasteiger partial charge in [-0.15, -0.1) is 0 Å². The summed E-state index contributed by atoms with van der Waals surface area (Å²) < 4.78 is 75.8. The van der Waals surface area contributed by atoms with E-state index in [-0.39, 0.29) is 55.0 Å². The summed E-state index contributed by atoms with van der Waals surface area (Å²) in [7, 11) is 0. The Kier molecular flexibility index (Phi) is 14.0. The van der Waals surface area contributed by atoms with Crippen molar-refractivity contribution in [1.29, 1.82) is 10.5 Å². The van der Waals surface area contributed by atoms with Crippen molar-refractivity contribution in [3.8, 4) is 23.6 Å². The number of amides is 4. The number of halogens is 6. The molecule has 2 unspecified atom stereocenters. The minimum atomic E-state index is -3.31. The third kappa shape index (κ3) is 10.1. The van der Waals surface area contributed by atoms with Crippen LogP contribution in [0.2, 0.25) is 0 Å². The fraction of sp³-hybridized carbons (Fsp3) is 0.263. The normalized spacial score (nSPS) is 16.5. The zero-order valence-corrected chi connectivity index (χ0v) is 33.2. The third-order valence-electron chi connectivity index (χ3n) is 8.72. The first-order chi connectivity index (χ1) is 27.9. The monoisotopic (exact) mass is 930 g/mol. The number of hydrazine groups is 1. The van der Waals surface area contributed by atoms with Crippen LogP contribution in [-0.4, -0.2) is 64.7 Å². The van der Waals surface area contributed by atoms with E-state index in [0.717, 1.165) is 34.3 Å². The average molecular weight is 933 g/mol. The molecule has 4 aromatic carbocycles. The van der Waals surface area contributed by atoms with E-state index >= 15 is 0 Å². The van der Waals surface area contributed by atoms with Crippen LogP contribution >= 0.6 is 31.9 Å². The Morgan fingerprint density at radius 3 is 1.43 bits per heavy atom. The smallest absolute Gasteiger partial charge is 0.387 e. The molecule has 2 atom stereocenters. The number of morpholine rings is 2. The van der Waals surface area contributed by atoms with Crippen LogP contribution < -0.4 is 40.8 Å². The van der Waals surface area contributed by atoms with Gasteiger partial charge in [0.2, 0.25) is 0 Å². The highest BCUT2D eigenvalue weighted by Crippen LogP contribution is 2.39. The molecule has 302 valence electrons. The molecule has 2 heterocycles. The second-order valence-corrected chi connectivity index (χ2v) is 14.1. The number of hydrogen-bond acceptors (Lipinski definition) is 10. The predicted octanol–water partition coefficient (Wildman–Crippen LogP) is 8.17. The van der Waals surface area contributed by atoms with E-state index in [1.165, 1.54) is 24.3 Å². The van der Waals surface area contributed by atoms with E-state index in [0.29, 0.717) is 50.5 Å². The Bertz CT molecular complexity index is 2080. The second kappa shape index (κ2) is 19.3. The molecular formula is C38H32Br2F4N8O6. The number of anilines is 4. The quantitative estimate of drug-likeness (QED) is 0.0898.